The van der Waals surface area contributed by atoms with Crippen molar-refractivity contribution in [2.45, 2.75) is 26.2 Å². The van der Waals surface area contributed by atoms with Crippen LogP contribution in [0.3, 0.4) is 0 Å². The second-order valence-electron chi connectivity index (χ2n) is 6.82. The van der Waals surface area contributed by atoms with E-state index in [1.807, 2.05) is 68.4 Å². The molecule has 0 saturated heterocycles. The molecule has 0 fully saturated rings. The molecule has 0 aromatic heterocycles. The summed E-state index contributed by atoms with van der Waals surface area (Å²) in [6.07, 6.45) is 0.654. The predicted molar refractivity (Wildman–Crippen MR) is 119 cm³/mol. The predicted octanol–water partition coefficient (Wildman–Crippen LogP) is 6.03. The van der Waals surface area contributed by atoms with Crippen molar-refractivity contribution in [3.63, 3.8) is 0 Å². The van der Waals surface area contributed by atoms with Crippen LogP contribution in [0.1, 0.15) is 40.7 Å². The lowest BCUT2D eigenvalue weighted by Gasteiger charge is -2.17. The van der Waals surface area contributed by atoms with E-state index in [1.165, 1.54) is 0 Å². The minimum Gasteiger partial charge on any atom is -0.324 e. The summed E-state index contributed by atoms with van der Waals surface area (Å²) in [5.41, 5.74) is 3.49. The Morgan fingerprint density at radius 3 is 2.28 bits per heavy atom. The molecule has 3 aromatic carbocycles. The van der Waals surface area contributed by atoms with Gasteiger partial charge in [0.15, 0.2) is 0 Å². The molecule has 2 N–H and O–H groups in total. The zero-order chi connectivity index (χ0) is 20.8. The molecule has 29 heavy (non-hydrogen) atoms. The highest BCUT2D eigenvalue weighted by Crippen LogP contribution is 2.27. The van der Waals surface area contributed by atoms with E-state index in [9.17, 15) is 9.59 Å². The number of hydrogen-bond donors (Lipinski definition) is 2. The Kier molecular flexibility index (Phi) is 6.68. The molecule has 3 rings (SSSR count). The highest BCUT2D eigenvalue weighted by atomic mass is 35.5. The second-order valence-corrected chi connectivity index (χ2v) is 7.23. The molecule has 0 spiro atoms. The SMILES string of the molecule is CCC(C(=O)Nc1cc(C(=O)Nc2ccccc2C)ccc1Cl)c1ccccc1. The lowest BCUT2D eigenvalue weighted by atomic mass is 9.95. The van der Waals surface area contributed by atoms with Crippen LogP contribution in [0, 0.1) is 6.92 Å². The van der Waals surface area contributed by atoms with Crippen molar-refractivity contribution in [1.29, 1.82) is 0 Å². The number of nitrogens with one attached hydrogen (secondary N) is 2. The number of anilines is 2. The van der Waals surface area contributed by atoms with E-state index in [-0.39, 0.29) is 17.7 Å². The molecule has 5 heteroatoms. The van der Waals surface area contributed by atoms with Crippen LogP contribution in [-0.2, 0) is 4.79 Å². The van der Waals surface area contributed by atoms with Crippen molar-refractivity contribution < 1.29 is 9.59 Å². The fourth-order valence-electron chi connectivity index (χ4n) is 3.15. The molecule has 0 heterocycles. The van der Waals surface area contributed by atoms with Crippen LogP contribution in [0.2, 0.25) is 5.02 Å². The minimum atomic E-state index is -0.295. The maximum Gasteiger partial charge on any atom is 0.255 e. The quantitative estimate of drug-likeness (QED) is 0.524. The van der Waals surface area contributed by atoms with Crippen LogP contribution in [0.25, 0.3) is 0 Å². The number of rotatable bonds is 6. The van der Waals surface area contributed by atoms with E-state index in [0.29, 0.717) is 22.7 Å². The molecule has 1 atom stereocenters. The highest BCUT2D eigenvalue weighted by molar-refractivity contribution is 6.34. The number of halogens is 1. The van der Waals surface area contributed by atoms with Gasteiger partial charge in [-0.25, -0.2) is 0 Å². The van der Waals surface area contributed by atoms with Gasteiger partial charge in [0.2, 0.25) is 5.91 Å². The van der Waals surface area contributed by atoms with Crippen molar-refractivity contribution in [3.8, 4) is 0 Å². The Labute approximate surface area is 175 Å². The Bertz CT molecular complexity index is 1020. The van der Waals surface area contributed by atoms with Gasteiger partial charge in [0.05, 0.1) is 16.6 Å². The second kappa shape index (κ2) is 9.39. The van der Waals surface area contributed by atoms with E-state index in [4.69, 9.17) is 11.6 Å². The van der Waals surface area contributed by atoms with Crippen LogP contribution in [0.4, 0.5) is 11.4 Å². The fraction of sp³-hybridized carbons (Fsp3) is 0.167. The lowest BCUT2D eigenvalue weighted by Crippen LogP contribution is -2.21. The van der Waals surface area contributed by atoms with Crippen LogP contribution < -0.4 is 10.6 Å². The first-order valence-corrected chi connectivity index (χ1v) is 9.89. The topological polar surface area (TPSA) is 58.2 Å². The average molecular weight is 407 g/mol. The summed E-state index contributed by atoms with van der Waals surface area (Å²) in [4.78, 5) is 25.5. The van der Waals surface area contributed by atoms with E-state index in [2.05, 4.69) is 10.6 Å². The first-order chi connectivity index (χ1) is 14.0. The van der Waals surface area contributed by atoms with Gasteiger partial charge in [0, 0.05) is 11.3 Å². The number of benzene rings is 3. The molecule has 0 aliphatic rings. The average Bonchev–Trinajstić information content (AvgIpc) is 2.72. The summed E-state index contributed by atoms with van der Waals surface area (Å²) in [5, 5.41) is 6.15. The summed E-state index contributed by atoms with van der Waals surface area (Å²) in [7, 11) is 0. The molecule has 0 radical (unpaired) electrons. The van der Waals surface area contributed by atoms with Crippen molar-refractivity contribution >= 4 is 34.8 Å². The number of aryl methyl sites for hydroxylation is 1. The summed E-state index contributed by atoms with van der Waals surface area (Å²) in [6, 6.07) is 22.0. The first-order valence-electron chi connectivity index (χ1n) is 9.52. The van der Waals surface area contributed by atoms with Gasteiger partial charge in [-0.05, 0) is 48.7 Å². The standard InChI is InChI=1S/C24H23ClN2O2/c1-3-19(17-10-5-4-6-11-17)24(29)27-22-15-18(13-14-20(22)25)23(28)26-21-12-8-7-9-16(21)2/h4-15,19H,3H2,1-2H3,(H,26,28)(H,27,29). The molecule has 3 aromatic rings. The third-order valence-electron chi connectivity index (χ3n) is 4.81. The third-order valence-corrected chi connectivity index (χ3v) is 5.14. The first kappa shape index (κ1) is 20.6. The highest BCUT2D eigenvalue weighted by Gasteiger charge is 2.20. The zero-order valence-corrected chi connectivity index (χ0v) is 17.2. The number of amides is 2. The van der Waals surface area contributed by atoms with E-state index >= 15 is 0 Å². The maximum absolute atomic E-state index is 12.8. The van der Waals surface area contributed by atoms with Gasteiger partial charge in [-0.15, -0.1) is 0 Å². The number of hydrogen-bond acceptors (Lipinski definition) is 2. The molecular weight excluding hydrogens is 384 g/mol. The van der Waals surface area contributed by atoms with Gasteiger partial charge in [-0.3, -0.25) is 9.59 Å². The minimum absolute atomic E-state index is 0.155. The molecule has 0 aliphatic carbocycles. The zero-order valence-electron chi connectivity index (χ0n) is 16.4. The lowest BCUT2D eigenvalue weighted by molar-refractivity contribution is -0.117. The van der Waals surface area contributed by atoms with Gasteiger partial charge < -0.3 is 10.6 Å². The van der Waals surface area contributed by atoms with Crippen LogP contribution >= 0.6 is 11.6 Å². The smallest absolute Gasteiger partial charge is 0.255 e. The van der Waals surface area contributed by atoms with E-state index < -0.39 is 0 Å². The van der Waals surface area contributed by atoms with Crippen LogP contribution in [0.5, 0.6) is 0 Å². The monoisotopic (exact) mass is 406 g/mol. The van der Waals surface area contributed by atoms with E-state index in [0.717, 1.165) is 16.8 Å². The molecule has 0 bridgehead atoms. The van der Waals surface area contributed by atoms with Crippen molar-refractivity contribution in [1.82, 2.24) is 0 Å². The Balaban J connectivity index is 1.79. The fourth-order valence-corrected chi connectivity index (χ4v) is 3.31. The number of carbonyl (C=O) groups excluding carboxylic acids is 2. The normalized spacial score (nSPS) is 11.6. The van der Waals surface area contributed by atoms with E-state index in [1.54, 1.807) is 18.2 Å². The summed E-state index contributed by atoms with van der Waals surface area (Å²) in [5.74, 6) is -0.713. The largest absolute Gasteiger partial charge is 0.324 e. The number of para-hydroxylation sites is 1. The van der Waals surface area contributed by atoms with Gasteiger partial charge in [-0.1, -0.05) is 67.1 Å². The summed E-state index contributed by atoms with van der Waals surface area (Å²) < 4.78 is 0. The molecular formula is C24H23ClN2O2. The van der Waals surface area contributed by atoms with Gasteiger partial charge in [0.1, 0.15) is 0 Å². The maximum atomic E-state index is 12.8. The van der Waals surface area contributed by atoms with Crippen LogP contribution in [0.15, 0.2) is 72.8 Å². The van der Waals surface area contributed by atoms with Gasteiger partial charge in [-0.2, -0.15) is 0 Å². The third kappa shape index (κ3) is 5.04. The van der Waals surface area contributed by atoms with Crippen molar-refractivity contribution in [2.24, 2.45) is 0 Å². The Morgan fingerprint density at radius 2 is 1.59 bits per heavy atom. The van der Waals surface area contributed by atoms with Crippen molar-refractivity contribution in [2.75, 3.05) is 10.6 Å². The molecule has 148 valence electrons. The Morgan fingerprint density at radius 1 is 0.897 bits per heavy atom. The number of carbonyl (C=O) groups is 2. The molecule has 0 saturated carbocycles. The molecule has 4 nitrogen and oxygen atoms in total. The summed E-state index contributed by atoms with van der Waals surface area (Å²) in [6.45, 7) is 3.89. The molecule has 2 amide bonds. The van der Waals surface area contributed by atoms with Gasteiger partial charge >= 0.3 is 0 Å². The summed E-state index contributed by atoms with van der Waals surface area (Å²) >= 11 is 6.28. The Hall–Kier alpha value is -3.11. The van der Waals surface area contributed by atoms with Gasteiger partial charge in [0.25, 0.3) is 5.91 Å². The molecule has 0 aliphatic heterocycles. The molecule has 1 unspecified atom stereocenters. The van der Waals surface area contributed by atoms with Crippen LogP contribution in [-0.4, -0.2) is 11.8 Å². The van der Waals surface area contributed by atoms with Crippen molar-refractivity contribution in [3.05, 3.63) is 94.5 Å².